The molecule has 0 aromatic carbocycles. The van der Waals surface area contributed by atoms with Crippen LogP contribution in [0.4, 0.5) is 5.13 Å². The van der Waals surface area contributed by atoms with Gasteiger partial charge in [-0.1, -0.05) is 12.1 Å². The molecule has 2 aromatic heterocycles. The summed E-state index contributed by atoms with van der Waals surface area (Å²) in [5.74, 6) is 1.08. The molecule has 1 atom stereocenters. The van der Waals surface area contributed by atoms with Crippen LogP contribution in [-0.4, -0.2) is 22.2 Å². The van der Waals surface area contributed by atoms with Crippen molar-refractivity contribution in [3.05, 3.63) is 22.8 Å². The van der Waals surface area contributed by atoms with Crippen molar-refractivity contribution in [2.45, 2.75) is 32.3 Å². The zero-order valence-electron chi connectivity index (χ0n) is 10.6. The number of thiazole rings is 1. The van der Waals surface area contributed by atoms with Crippen molar-refractivity contribution in [2.75, 3.05) is 12.8 Å². The van der Waals surface area contributed by atoms with Crippen LogP contribution >= 0.6 is 11.3 Å². The zero-order chi connectivity index (χ0) is 13.2. The Balaban J connectivity index is 2.15. The van der Waals surface area contributed by atoms with Crippen molar-refractivity contribution in [3.8, 4) is 0 Å². The van der Waals surface area contributed by atoms with E-state index in [0.717, 1.165) is 12.1 Å². The van der Waals surface area contributed by atoms with Gasteiger partial charge in [0.1, 0.15) is 5.60 Å². The second kappa shape index (κ2) is 5.03. The molecule has 2 rings (SSSR count). The third kappa shape index (κ3) is 2.51. The number of hydrogen-bond acceptors (Lipinski definition) is 7. The highest BCUT2D eigenvalue weighted by Crippen LogP contribution is 2.25. The van der Waals surface area contributed by atoms with E-state index >= 15 is 0 Å². The molecule has 18 heavy (non-hydrogen) atoms. The van der Waals surface area contributed by atoms with Gasteiger partial charge in [0, 0.05) is 12.5 Å². The fourth-order valence-electron chi connectivity index (χ4n) is 1.49. The van der Waals surface area contributed by atoms with Crippen LogP contribution in [0.25, 0.3) is 0 Å². The van der Waals surface area contributed by atoms with Gasteiger partial charge in [0.15, 0.2) is 5.13 Å². The Morgan fingerprint density at radius 3 is 2.83 bits per heavy atom. The summed E-state index contributed by atoms with van der Waals surface area (Å²) in [5.41, 5.74) is 5.90. The molecule has 1 unspecified atom stereocenters. The van der Waals surface area contributed by atoms with Gasteiger partial charge in [0.25, 0.3) is 0 Å². The maximum atomic E-state index is 5.57. The monoisotopic (exact) mass is 268 g/mol. The summed E-state index contributed by atoms with van der Waals surface area (Å²) in [5, 5.41) is 6.39. The van der Waals surface area contributed by atoms with Crippen LogP contribution in [0.3, 0.4) is 0 Å². The molecule has 0 aliphatic rings. The van der Waals surface area contributed by atoms with Gasteiger partial charge >= 0.3 is 0 Å². The minimum atomic E-state index is -0.511. The second-order valence-electron chi connectivity index (χ2n) is 4.15. The number of ether oxygens (including phenoxy) is 1. The lowest BCUT2D eigenvalue weighted by molar-refractivity contribution is -0.0106. The Morgan fingerprint density at radius 1 is 1.50 bits per heavy atom. The van der Waals surface area contributed by atoms with Crippen LogP contribution in [0.5, 0.6) is 0 Å². The lowest BCUT2D eigenvalue weighted by Crippen LogP contribution is -2.24. The van der Waals surface area contributed by atoms with Gasteiger partial charge in [-0.2, -0.15) is 4.98 Å². The fraction of sp³-hybridized carbons (Fsp3) is 0.545. The van der Waals surface area contributed by atoms with Crippen molar-refractivity contribution in [3.63, 3.8) is 0 Å². The van der Waals surface area contributed by atoms with E-state index in [9.17, 15) is 0 Å². The van der Waals surface area contributed by atoms with E-state index in [4.69, 9.17) is 15.0 Å². The number of methoxy groups -OCH3 is 1. The van der Waals surface area contributed by atoms with E-state index in [1.165, 1.54) is 11.3 Å². The summed E-state index contributed by atoms with van der Waals surface area (Å²) >= 11 is 1.40. The van der Waals surface area contributed by atoms with Crippen LogP contribution in [0, 0.1) is 0 Å². The summed E-state index contributed by atoms with van der Waals surface area (Å²) in [6.07, 6.45) is 1.26. The second-order valence-corrected chi connectivity index (χ2v) is 5.04. The van der Waals surface area contributed by atoms with Crippen molar-refractivity contribution in [2.24, 2.45) is 0 Å². The number of rotatable bonds is 5. The fourth-order valence-corrected chi connectivity index (χ4v) is 2.06. The minimum absolute atomic E-state index is 0.490. The number of aromatic nitrogens is 3. The predicted molar refractivity (Wildman–Crippen MR) is 68.3 cm³/mol. The van der Waals surface area contributed by atoms with Gasteiger partial charge < -0.3 is 15.0 Å². The van der Waals surface area contributed by atoms with E-state index in [2.05, 4.69) is 15.1 Å². The maximum absolute atomic E-state index is 5.57. The predicted octanol–water partition coefficient (Wildman–Crippen LogP) is 1.97. The van der Waals surface area contributed by atoms with E-state index in [1.807, 2.05) is 19.2 Å². The molecule has 0 aliphatic carbocycles. The topological polar surface area (TPSA) is 87.1 Å². The summed E-state index contributed by atoms with van der Waals surface area (Å²) < 4.78 is 10.6. The van der Waals surface area contributed by atoms with E-state index < -0.39 is 5.60 Å². The number of nitrogens with two attached hydrogens (primary N) is 1. The smallest absolute Gasteiger partial charge is 0.232 e. The molecule has 2 N–H and O–H groups in total. The number of nitrogens with zero attached hydrogens (tertiary/aromatic N) is 3. The molecule has 6 nitrogen and oxygen atoms in total. The SMILES string of the molecule is CCC(C)(OC)c1noc(Cc2csc(N)n2)n1. The van der Waals surface area contributed by atoms with Crippen LogP contribution in [-0.2, 0) is 16.8 Å². The van der Waals surface area contributed by atoms with Crippen molar-refractivity contribution >= 4 is 16.5 Å². The summed E-state index contributed by atoms with van der Waals surface area (Å²) in [6, 6.07) is 0. The third-order valence-electron chi connectivity index (χ3n) is 2.97. The number of nitrogen functional groups attached to an aromatic ring is 1. The highest BCUT2D eigenvalue weighted by atomic mass is 32.1. The quantitative estimate of drug-likeness (QED) is 0.892. The molecule has 0 aliphatic heterocycles. The maximum Gasteiger partial charge on any atom is 0.232 e. The number of hydrogen-bond donors (Lipinski definition) is 1. The van der Waals surface area contributed by atoms with Gasteiger partial charge in [-0.05, 0) is 13.3 Å². The molecule has 0 radical (unpaired) electrons. The van der Waals surface area contributed by atoms with Crippen LogP contribution in [0.15, 0.2) is 9.90 Å². The lowest BCUT2D eigenvalue weighted by Gasteiger charge is -2.21. The van der Waals surface area contributed by atoms with Crippen molar-refractivity contribution < 1.29 is 9.26 Å². The zero-order valence-corrected chi connectivity index (χ0v) is 11.5. The molecule has 2 aromatic rings. The van der Waals surface area contributed by atoms with E-state index in [-0.39, 0.29) is 0 Å². The number of anilines is 1. The van der Waals surface area contributed by atoms with Crippen LogP contribution in [0.1, 0.15) is 37.7 Å². The Bertz CT molecular complexity index is 519. The molecule has 0 saturated heterocycles. The first-order chi connectivity index (χ1) is 8.57. The van der Waals surface area contributed by atoms with Crippen LogP contribution in [0.2, 0.25) is 0 Å². The molecule has 0 spiro atoms. The normalized spacial score (nSPS) is 14.6. The van der Waals surface area contributed by atoms with Gasteiger partial charge in [0.2, 0.25) is 11.7 Å². The molecular formula is C11H16N4O2S. The minimum Gasteiger partial charge on any atom is -0.375 e. The van der Waals surface area contributed by atoms with Crippen LogP contribution < -0.4 is 5.73 Å². The van der Waals surface area contributed by atoms with Gasteiger partial charge in [0.05, 0.1) is 12.1 Å². The summed E-state index contributed by atoms with van der Waals surface area (Å²) in [4.78, 5) is 8.50. The van der Waals surface area contributed by atoms with Gasteiger partial charge in [-0.3, -0.25) is 0 Å². The standard InChI is InChI=1S/C11H16N4O2S/c1-4-11(2,16-3)9-14-8(17-15-9)5-7-6-18-10(12)13-7/h6H,4-5H2,1-3H3,(H2,12,13). The summed E-state index contributed by atoms with van der Waals surface area (Å²) in [7, 11) is 1.64. The molecule has 0 fully saturated rings. The molecule has 98 valence electrons. The van der Waals surface area contributed by atoms with E-state index in [1.54, 1.807) is 7.11 Å². The molecular weight excluding hydrogens is 252 g/mol. The Hall–Kier alpha value is -1.47. The molecule has 7 heteroatoms. The van der Waals surface area contributed by atoms with E-state index in [0.29, 0.717) is 23.3 Å². The van der Waals surface area contributed by atoms with Crippen molar-refractivity contribution in [1.29, 1.82) is 0 Å². The molecule has 0 bridgehead atoms. The molecule has 0 amide bonds. The Kier molecular flexibility index (Phi) is 3.63. The lowest BCUT2D eigenvalue weighted by atomic mass is 10.0. The Labute approximate surface area is 109 Å². The molecule has 0 saturated carbocycles. The highest BCUT2D eigenvalue weighted by Gasteiger charge is 2.30. The van der Waals surface area contributed by atoms with Crippen molar-refractivity contribution in [1.82, 2.24) is 15.1 Å². The van der Waals surface area contributed by atoms with Gasteiger partial charge in [-0.15, -0.1) is 11.3 Å². The third-order valence-corrected chi connectivity index (χ3v) is 3.69. The average molecular weight is 268 g/mol. The Morgan fingerprint density at radius 2 is 2.28 bits per heavy atom. The largest absolute Gasteiger partial charge is 0.375 e. The average Bonchev–Trinajstić information content (AvgIpc) is 2.98. The summed E-state index contributed by atoms with van der Waals surface area (Å²) in [6.45, 7) is 3.95. The van der Waals surface area contributed by atoms with Gasteiger partial charge in [-0.25, -0.2) is 4.98 Å². The first-order valence-electron chi connectivity index (χ1n) is 5.65. The highest BCUT2D eigenvalue weighted by molar-refractivity contribution is 7.13. The molecule has 2 heterocycles. The first kappa shape index (κ1) is 13.0. The first-order valence-corrected chi connectivity index (χ1v) is 6.53.